The molecule has 3 nitrogen and oxygen atoms in total. The van der Waals surface area contributed by atoms with E-state index in [2.05, 4.69) is 122 Å². The molecule has 1 heterocycles. The van der Waals surface area contributed by atoms with Crippen molar-refractivity contribution in [2.75, 3.05) is 12.1 Å². The van der Waals surface area contributed by atoms with Crippen molar-refractivity contribution < 1.29 is 0 Å². The summed E-state index contributed by atoms with van der Waals surface area (Å²) >= 11 is 0. The number of aryl methyl sites for hydroxylation is 1. The topological polar surface area (TPSA) is 20.5 Å². The highest BCUT2D eigenvalue weighted by atomic mass is 15.4. The van der Waals surface area contributed by atoms with Crippen molar-refractivity contribution in [1.82, 2.24) is 4.57 Å². The lowest BCUT2D eigenvalue weighted by molar-refractivity contribution is 1.01. The number of aromatic nitrogens is 1. The second kappa shape index (κ2) is 8.79. The molecule has 0 bridgehead atoms. The van der Waals surface area contributed by atoms with Crippen LogP contribution in [0.5, 0.6) is 0 Å². The normalized spacial score (nSPS) is 12.2. The molecule has 4 aromatic carbocycles. The summed E-state index contributed by atoms with van der Waals surface area (Å²) in [6.07, 6.45) is 4.26. The van der Waals surface area contributed by atoms with Gasteiger partial charge in [0.25, 0.3) is 0 Å². The fraction of sp³-hybridized carbons (Fsp3) is 0.100. The Morgan fingerprint density at radius 1 is 0.727 bits per heavy atom. The largest absolute Gasteiger partial charge is 0.344 e. The molecule has 1 aromatic heterocycles. The second-order valence-electron chi connectivity index (χ2n) is 8.35. The van der Waals surface area contributed by atoms with Crippen molar-refractivity contribution in [3.05, 3.63) is 114 Å². The summed E-state index contributed by atoms with van der Waals surface area (Å²) in [5.74, 6) is 0. The van der Waals surface area contributed by atoms with Crippen LogP contribution in [0.2, 0.25) is 0 Å². The lowest BCUT2D eigenvalue weighted by atomic mass is 10.1. The molecular weight excluding hydrogens is 402 g/mol. The lowest BCUT2D eigenvalue weighted by Gasteiger charge is -2.15. The van der Waals surface area contributed by atoms with Gasteiger partial charge in [-0.3, -0.25) is 5.01 Å². The van der Waals surface area contributed by atoms with Crippen LogP contribution in [0.1, 0.15) is 23.6 Å². The molecule has 0 aliphatic rings. The molecule has 0 saturated carbocycles. The number of hydrogen-bond acceptors (Lipinski definition) is 2. The fourth-order valence-electron chi connectivity index (χ4n) is 4.29. The van der Waals surface area contributed by atoms with Gasteiger partial charge in [-0.05, 0) is 53.9 Å². The number of hydrogen-bond donors (Lipinski definition) is 0. The van der Waals surface area contributed by atoms with Crippen LogP contribution in [0.15, 0.2) is 102 Å². The van der Waals surface area contributed by atoms with Crippen LogP contribution < -0.4 is 5.01 Å². The molecule has 0 N–H and O–H groups in total. The van der Waals surface area contributed by atoms with E-state index in [4.69, 9.17) is 5.10 Å². The van der Waals surface area contributed by atoms with Gasteiger partial charge in [0.1, 0.15) is 0 Å². The molecule has 0 aliphatic heterocycles. The van der Waals surface area contributed by atoms with E-state index < -0.39 is 0 Å². The Kier molecular flexibility index (Phi) is 5.54. The number of para-hydroxylation sites is 1. The Bertz CT molecular complexity index is 1470. The summed E-state index contributed by atoms with van der Waals surface area (Å²) < 4.78 is 2.25. The molecule has 0 radical (unpaired) electrons. The van der Waals surface area contributed by atoms with E-state index in [1.54, 1.807) is 0 Å². The Hall–Kier alpha value is -4.11. The highest BCUT2D eigenvalue weighted by molar-refractivity contribution is 6.11. The summed E-state index contributed by atoms with van der Waals surface area (Å²) in [6.45, 7) is 2.07. The molecule has 0 aliphatic carbocycles. The van der Waals surface area contributed by atoms with Crippen LogP contribution in [-0.4, -0.2) is 17.3 Å². The first-order chi connectivity index (χ1) is 16.1. The molecule has 5 rings (SSSR count). The van der Waals surface area contributed by atoms with E-state index in [1.807, 2.05) is 18.1 Å². The zero-order chi connectivity index (χ0) is 22.8. The number of fused-ring (bicyclic) bond motifs is 3. The van der Waals surface area contributed by atoms with Gasteiger partial charge in [-0.15, -0.1) is 0 Å². The minimum atomic E-state index is 0.986. The van der Waals surface area contributed by atoms with Crippen molar-refractivity contribution >= 4 is 45.4 Å². The van der Waals surface area contributed by atoms with Crippen molar-refractivity contribution in [2.45, 2.75) is 6.92 Å². The standard InChI is InChI=1S/C30H27N3/c1-22(25-17-20-30-28(21-25)27-11-7-8-12-29(27)32(30)2)31-33(3)26-18-15-24(16-19-26)14-13-23-9-5-4-6-10-23/h4-21H,1-3H3/b14-13+,31-22+. The summed E-state index contributed by atoms with van der Waals surface area (Å²) in [6, 6.07) is 33.9. The van der Waals surface area contributed by atoms with Crippen molar-refractivity contribution in [2.24, 2.45) is 12.1 Å². The van der Waals surface area contributed by atoms with E-state index in [0.717, 1.165) is 22.5 Å². The minimum Gasteiger partial charge on any atom is -0.344 e. The Labute approximate surface area is 194 Å². The van der Waals surface area contributed by atoms with Gasteiger partial charge >= 0.3 is 0 Å². The monoisotopic (exact) mass is 429 g/mol. The predicted octanol–water partition coefficient (Wildman–Crippen LogP) is 7.36. The molecule has 3 heteroatoms. The number of rotatable bonds is 5. The van der Waals surface area contributed by atoms with E-state index >= 15 is 0 Å². The van der Waals surface area contributed by atoms with Gasteiger partial charge < -0.3 is 4.57 Å². The minimum absolute atomic E-state index is 0.986. The average Bonchev–Trinajstić information content (AvgIpc) is 3.15. The summed E-state index contributed by atoms with van der Waals surface area (Å²) in [5.41, 5.74) is 8.02. The first kappa shape index (κ1) is 20.8. The van der Waals surface area contributed by atoms with Gasteiger partial charge in [0.05, 0.1) is 11.4 Å². The van der Waals surface area contributed by atoms with Crippen LogP contribution in [0.4, 0.5) is 5.69 Å². The van der Waals surface area contributed by atoms with Crippen molar-refractivity contribution in [3.63, 3.8) is 0 Å². The summed E-state index contributed by atoms with van der Waals surface area (Å²) in [7, 11) is 4.12. The van der Waals surface area contributed by atoms with Gasteiger partial charge in [-0.1, -0.05) is 78.9 Å². The molecule has 162 valence electrons. The van der Waals surface area contributed by atoms with Gasteiger partial charge in [-0.25, -0.2) is 0 Å². The van der Waals surface area contributed by atoms with Gasteiger partial charge in [0, 0.05) is 35.9 Å². The third-order valence-electron chi connectivity index (χ3n) is 6.17. The smallest absolute Gasteiger partial charge is 0.0651 e. The highest BCUT2D eigenvalue weighted by Crippen LogP contribution is 2.29. The fourth-order valence-corrected chi connectivity index (χ4v) is 4.29. The van der Waals surface area contributed by atoms with Crippen LogP contribution in [-0.2, 0) is 7.05 Å². The number of anilines is 1. The van der Waals surface area contributed by atoms with Crippen LogP contribution in [0.25, 0.3) is 34.0 Å². The average molecular weight is 430 g/mol. The maximum absolute atomic E-state index is 4.86. The molecule has 0 atom stereocenters. The van der Waals surface area contributed by atoms with E-state index in [0.29, 0.717) is 0 Å². The molecule has 0 amide bonds. The molecular formula is C30H27N3. The highest BCUT2D eigenvalue weighted by Gasteiger charge is 2.10. The summed E-state index contributed by atoms with van der Waals surface area (Å²) in [5, 5.41) is 9.33. The first-order valence-electron chi connectivity index (χ1n) is 11.2. The van der Waals surface area contributed by atoms with Crippen LogP contribution >= 0.6 is 0 Å². The third kappa shape index (κ3) is 4.18. The van der Waals surface area contributed by atoms with E-state index in [-0.39, 0.29) is 0 Å². The van der Waals surface area contributed by atoms with Crippen LogP contribution in [0.3, 0.4) is 0 Å². The molecule has 0 saturated heterocycles. The molecule has 0 spiro atoms. The van der Waals surface area contributed by atoms with Crippen molar-refractivity contribution in [3.8, 4) is 0 Å². The van der Waals surface area contributed by atoms with Gasteiger partial charge in [0.15, 0.2) is 0 Å². The molecule has 33 heavy (non-hydrogen) atoms. The predicted molar refractivity (Wildman–Crippen MR) is 143 cm³/mol. The second-order valence-corrected chi connectivity index (χ2v) is 8.35. The Morgan fingerprint density at radius 2 is 1.36 bits per heavy atom. The zero-order valence-corrected chi connectivity index (χ0v) is 19.2. The number of nitrogens with zero attached hydrogens (tertiary/aromatic N) is 3. The number of hydrazone groups is 1. The first-order valence-corrected chi connectivity index (χ1v) is 11.2. The van der Waals surface area contributed by atoms with Crippen molar-refractivity contribution in [1.29, 1.82) is 0 Å². The Morgan fingerprint density at radius 3 is 2.12 bits per heavy atom. The van der Waals surface area contributed by atoms with Gasteiger partial charge in [-0.2, -0.15) is 5.10 Å². The SMILES string of the molecule is C/C(=N\N(C)c1ccc(/C=C/c2ccccc2)cc1)c1ccc2c(c1)c1ccccc1n2C. The van der Waals surface area contributed by atoms with Gasteiger partial charge in [0.2, 0.25) is 0 Å². The lowest BCUT2D eigenvalue weighted by Crippen LogP contribution is -2.12. The molecule has 0 unspecified atom stereocenters. The maximum atomic E-state index is 4.86. The van der Waals surface area contributed by atoms with Crippen LogP contribution in [0, 0.1) is 0 Å². The van der Waals surface area contributed by atoms with E-state index in [9.17, 15) is 0 Å². The Balaban J connectivity index is 1.38. The summed E-state index contributed by atoms with van der Waals surface area (Å²) in [4.78, 5) is 0. The maximum Gasteiger partial charge on any atom is 0.0651 e. The third-order valence-corrected chi connectivity index (χ3v) is 6.17. The van der Waals surface area contributed by atoms with E-state index in [1.165, 1.54) is 27.4 Å². The molecule has 5 aromatic rings. The zero-order valence-electron chi connectivity index (χ0n) is 19.2. The molecule has 0 fully saturated rings. The quantitative estimate of drug-likeness (QED) is 0.162. The number of benzene rings is 4.